The van der Waals surface area contributed by atoms with Crippen molar-refractivity contribution in [3.8, 4) is 0 Å². The van der Waals surface area contributed by atoms with E-state index in [4.69, 9.17) is 4.42 Å². The highest BCUT2D eigenvalue weighted by Gasteiger charge is 2.36. The molecule has 1 aromatic rings. The van der Waals surface area contributed by atoms with Crippen LogP contribution in [0.25, 0.3) is 0 Å². The van der Waals surface area contributed by atoms with E-state index in [-0.39, 0.29) is 11.1 Å². The number of carbonyl (C=O) groups excluding carboxylic acids is 2. The van der Waals surface area contributed by atoms with E-state index < -0.39 is 0 Å². The molecule has 0 N–H and O–H groups in total. The number of amides is 2. The van der Waals surface area contributed by atoms with Gasteiger partial charge in [0.05, 0.1) is 6.54 Å². The predicted octanol–water partition coefficient (Wildman–Crippen LogP) is 2.92. The molecule has 120 valence electrons. The molecule has 2 aliphatic rings. The molecule has 0 unspecified atom stereocenters. The van der Waals surface area contributed by atoms with Crippen LogP contribution in [0.2, 0.25) is 0 Å². The van der Waals surface area contributed by atoms with Crippen LogP contribution in [0, 0.1) is 5.92 Å². The lowest BCUT2D eigenvalue weighted by Crippen LogP contribution is -2.32. The van der Waals surface area contributed by atoms with E-state index in [1.807, 2.05) is 12.1 Å². The van der Waals surface area contributed by atoms with Crippen LogP contribution in [0.1, 0.15) is 37.2 Å². The van der Waals surface area contributed by atoms with Gasteiger partial charge < -0.3 is 14.2 Å². The van der Waals surface area contributed by atoms with Gasteiger partial charge >= 0.3 is 0 Å². The fourth-order valence-electron chi connectivity index (χ4n) is 2.77. The van der Waals surface area contributed by atoms with Crippen molar-refractivity contribution in [1.29, 1.82) is 0 Å². The Hall–Kier alpha value is -1.43. The van der Waals surface area contributed by atoms with Gasteiger partial charge in [-0.05, 0) is 24.5 Å². The van der Waals surface area contributed by atoms with Gasteiger partial charge in [-0.2, -0.15) is 0 Å². The van der Waals surface area contributed by atoms with E-state index in [0.29, 0.717) is 31.3 Å². The number of rotatable bonds is 6. The Morgan fingerprint density at radius 1 is 1.50 bits per heavy atom. The number of hydrogen-bond acceptors (Lipinski definition) is 4. The standard InChI is InChI=1S/C16H22N2O3S/c1-11-9-13(11)14-4-3-12(21-14)10-17(2)15(19)5-6-18-7-8-22-16(18)20/h3-4,11,13H,5-10H2,1-2H3/t11-,13+/m0/s1. The Bertz CT molecular complexity index is 571. The maximum Gasteiger partial charge on any atom is 0.281 e. The minimum absolute atomic E-state index is 0.0439. The molecule has 3 rings (SSSR count). The summed E-state index contributed by atoms with van der Waals surface area (Å²) in [6.45, 7) is 3.97. The van der Waals surface area contributed by atoms with Crippen LogP contribution < -0.4 is 0 Å². The largest absolute Gasteiger partial charge is 0.464 e. The summed E-state index contributed by atoms with van der Waals surface area (Å²) >= 11 is 1.33. The van der Waals surface area contributed by atoms with Gasteiger partial charge in [-0.1, -0.05) is 18.7 Å². The highest BCUT2D eigenvalue weighted by molar-refractivity contribution is 8.13. The summed E-state index contributed by atoms with van der Waals surface area (Å²) in [6.07, 6.45) is 1.57. The van der Waals surface area contributed by atoms with Crippen molar-refractivity contribution in [2.75, 3.05) is 25.9 Å². The summed E-state index contributed by atoms with van der Waals surface area (Å²) in [5.74, 6) is 4.03. The van der Waals surface area contributed by atoms with Crippen molar-refractivity contribution in [3.05, 3.63) is 23.7 Å². The topological polar surface area (TPSA) is 53.8 Å². The lowest BCUT2D eigenvalue weighted by molar-refractivity contribution is -0.130. The maximum absolute atomic E-state index is 12.2. The molecule has 1 aliphatic carbocycles. The lowest BCUT2D eigenvalue weighted by atomic mass is 10.3. The summed E-state index contributed by atoms with van der Waals surface area (Å²) in [5.41, 5.74) is 0. The average molecular weight is 322 g/mol. The number of nitrogens with zero attached hydrogens (tertiary/aromatic N) is 2. The molecular weight excluding hydrogens is 300 g/mol. The molecule has 0 spiro atoms. The highest BCUT2D eigenvalue weighted by atomic mass is 32.2. The Morgan fingerprint density at radius 3 is 2.91 bits per heavy atom. The van der Waals surface area contributed by atoms with Gasteiger partial charge in [0.1, 0.15) is 11.5 Å². The molecule has 2 amide bonds. The quantitative estimate of drug-likeness (QED) is 0.808. The molecule has 1 saturated heterocycles. The SMILES string of the molecule is C[C@H]1C[C@H]1c1ccc(CN(C)C(=O)CCN2CCSC2=O)o1. The average Bonchev–Trinajstić information content (AvgIpc) is 2.88. The van der Waals surface area contributed by atoms with Crippen molar-refractivity contribution in [3.63, 3.8) is 0 Å². The Balaban J connectivity index is 1.46. The zero-order valence-electron chi connectivity index (χ0n) is 13.1. The van der Waals surface area contributed by atoms with Gasteiger partial charge in [0.2, 0.25) is 5.91 Å². The molecule has 1 aromatic heterocycles. The van der Waals surface area contributed by atoms with E-state index in [2.05, 4.69) is 6.92 Å². The van der Waals surface area contributed by atoms with Crippen molar-refractivity contribution < 1.29 is 14.0 Å². The molecule has 1 saturated carbocycles. The van der Waals surface area contributed by atoms with Crippen molar-refractivity contribution >= 4 is 22.9 Å². The fraction of sp³-hybridized carbons (Fsp3) is 0.625. The number of furan rings is 1. The first-order valence-corrected chi connectivity index (χ1v) is 8.77. The Labute approximate surface area is 135 Å². The molecular formula is C16H22N2O3S. The third kappa shape index (κ3) is 3.48. The third-order valence-electron chi connectivity index (χ3n) is 4.42. The van der Waals surface area contributed by atoms with Crippen molar-refractivity contribution in [2.24, 2.45) is 5.92 Å². The molecule has 2 heterocycles. The second kappa shape index (κ2) is 6.36. The summed E-state index contributed by atoms with van der Waals surface area (Å²) < 4.78 is 5.83. The summed E-state index contributed by atoms with van der Waals surface area (Å²) in [4.78, 5) is 27.1. The summed E-state index contributed by atoms with van der Waals surface area (Å²) in [5, 5.41) is 0.0877. The first-order valence-electron chi connectivity index (χ1n) is 7.79. The van der Waals surface area contributed by atoms with Crippen LogP contribution in [0.3, 0.4) is 0 Å². The first kappa shape index (κ1) is 15.5. The van der Waals surface area contributed by atoms with Crippen LogP contribution >= 0.6 is 11.8 Å². The van der Waals surface area contributed by atoms with Gasteiger partial charge in [0, 0.05) is 38.2 Å². The minimum Gasteiger partial charge on any atom is -0.464 e. The third-order valence-corrected chi connectivity index (χ3v) is 5.31. The Kier molecular flexibility index (Phi) is 4.47. The number of hydrogen-bond donors (Lipinski definition) is 0. The number of thioether (sulfide) groups is 1. The maximum atomic E-state index is 12.2. The molecule has 0 aromatic carbocycles. The van der Waals surface area contributed by atoms with E-state index in [1.165, 1.54) is 18.2 Å². The fourth-order valence-corrected chi connectivity index (χ4v) is 3.62. The monoisotopic (exact) mass is 322 g/mol. The van der Waals surface area contributed by atoms with Crippen molar-refractivity contribution in [2.45, 2.75) is 32.2 Å². The summed E-state index contributed by atoms with van der Waals surface area (Å²) in [6, 6.07) is 3.99. The molecule has 0 bridgehead atoms. The predicted molar refractivity (Wildman–Crippen MR) is 85.7 cm³/mol. The molecule has 22 heavy (non-hydrogen) atoms. The zero-order valence-corrected chi connectivity index (χ0v) is 13.9. The second-order valence-electron chi connectivity index (χ2n) is 6.22. The van der Waals surface area contributed by atoms with Crippen LogP contribution in [-0.2, 0) is 11.3 Å². The minimum atomic E-state index is 0.0439. The molecule has 2 atom stereocenters. The molecule has 0 radical (unpaired) electrons. The zero-order chi connectivity index (χ0) is 15.7. The smallest absolute Gasteiger partial charge is 0.281 e. The van der Waals surface area contributed by atoms with E-state index in [9.17, 15) is 9.59 Å². The van der Waals surface area contributed by atoms with Gasteiger partial charge in [-0.15, -0.1) is 0 Å². The molecule has 6 heteroatoms. The molecule has 5 nitrogen and oxygen atoms in total. The van der Waals surface area contributed by atoms with E-state index in [0.717, 1.165) is 23.8 Å². The van der Waals surface area contributed by atoms with Crippen LogP contribution in [0.4, 0.5) is 4.79 Å². The van der Waals surface area contributed by atoms with Gasteiger partial charge in [-0.25, -0.2) is 0 Å². The normalized spacial score (nSPS) is 23.9. The molecule has 1 aliphatic heterocycles. The Morgan fingerprint density at radius 2 is 2.27 bits per heavy atom. The highest BCUT2D eigenvalue weighted by Crippen LogP contribution is 2.47. The van der Waals surface area contributed by atoms with Gasteiger partial charge in [-0.3, -0.25) is 9.59 Å². The van der Waals surface area contributed by atoms with Crippen LogP contribution in [0.5, 0.6) is 0 Å². The van der Waals surface area contributed by atoms with Gasteiger partial charge in [0.25, 0.3) is 5.24 Å². The van der Waals surface area contributed by atoms with Crippen LogP contribution in [0.15, 0.2) is 16.5 Å². The lowest BCUT2D eigenvalue weighted by Gasteiger charge is -2.18. The van der Waals surface area contributed by atoms with Gasteiger partial charge in [0.15, 0.2) is 0 Å². The van der Waals surface area contributed by atoms with Crippen LogP contribution in [-0.4, -0.2) is 46.8 Å². The second-order valence-corrected chi connectivity index (χ2v) is 7.27. The molecule has 2 fully saturated rings. The van der Waals surface area contributed by atoms with Crippen molar-refractivity contribution in [1.82, 2.24) is 9.80 Å². The number of carbonyl (C=O) groups is 2. The van der Waals surface area contributed by atoms with E-state index in [1.54, 1.807) is 16.8 Å². The van der Waals surface area contributed by atoms with E-state index >= 15 is 0 Å². The summed E-state index contributed by atoms with van der Waals surface area (Å²) in [7, 11) is 1.78. The first-order chi connectivity index (χ1) is 10.5.